The topological polar surface area (TPSA) is 60.9 Å². The SMILES string of the molecule is CN(C(=O)C1CC1)[C@H]1CCN(C(=O)O)C1. The fraction of sp³-hybridized carbons (Fsp3) is 0.800. The number of amides is 2. The molecule has 1 atom stereocenters. The molecule has 2 amide bonds. The molecule has 0 aromatic heterocycles. The van der Waals surface area contributed by atoms with Crippen molar-refractivity contribution >= 4 is 12.0 Å². The summed E-state index contributed by atoms with van der Waals surface area (Å²) in [5.41, 5.74) is 0. The highest BCUT2D eigenvalue weighted by atomic mass is 16.4. The van der Waals surface area contributed by atoms with Gasteiger partial charge >= 0.3 is 6.09 Å². The van der Waals surface area contributed by atoms with E-state index in [9.17, 15) is 9.59 Å². The Labute approximate surface area is 88.6 Å². The van der Waals surface area contributed by atoms with E-state index < -0.39 is 6.09 Å². The normalized spacial score (nSPS) is 25.4. The molecule has 1 saturated carbocycles. The number of likely N-dealkylation sites (tertiary alicyclic amines) is 1. The molecule has 1 N–H and O–H groups in total. The molecule has 0 radical (unpaired) electrons. The highest BCUT2D eigenvalue weighted by Gasteiger charge is 2.37. The molecule has 1 aliphatic heterocycles. The van der Waals surface area contributed by atoms with Crippen LogP contribution in [0.5, 0.6) is 0 Å². The van der Waals surface area contributed by atoms with Crippen molar-refractivity contribution in [2.45, 2.75) is 25.3 Å². The van der Waals surface area contributed by atoms with Gasteiger partial charge < -0.3 is 14.9 Å². The first kappa shape index (κ1) is 10.3. The van der Waals surface area contributed by atoms with Crippen LogP contribution in [0.1, 0.15) is 19.3 Å². The van der Waals surface area contributed by atoms with Crippen LogP contribution in [0.4, 0.5) is 4.79 Å². The average molecular weight is 212 g/mol. The fourth-order valence-corrected chi connectivity index (χ4v) is 2.03. The van der Waals surface area contributed by atoms with Crippen LogP contribution in [0.3, 0.4) is 0 Å². The largest absolute Gasteiger partial charge is 0.465 e. The molecule has 2 rings (SSSR count). The Kier molecular flexibility index (Phi) is 2.54. The van der Waals surface area contributed by atoms with E-state index in [2.05, 4.69) is 0 Å². The molecule has 5 nitrogen and oxygen atoms in total. The summed E-state index contributed by atoms with van der Waals surface area (Å²) >= 11 is 0. The summed E-state index contributed by atoms with van der Waals surface area (Å²) in [5.74, 6) is 0.404. The molecule has 15 heavy (non-hydrogen) atoms. The summed E-state index contributed by atoms with van der Waals surface area (Å²) in [4.78, 5) is 25.6. The second kappa shape index (κ2) is 3.72. The van der Waals surface area contributed by atoms with Gasteiger partial charge in [0.1, 0.15) is 0 Å². The number of hydrogen-bond donors (Lipinski definition) is 1. The molecule has 2 fully saturated rings. The van der Waals surface area contributed by atoms with Gasteiger partial charge in [-0.25, -0.2) is 4.79 Å². The fourth-order valence-electron chi connectivity index (χ4n) is 2.03. The van der Waals surface area contributed by atoms with Crippen molar-refractivity contribution in [2.75, 3.05) is 20.1 Å². The predicted molar refractivity (Wildman–Crippen MR) is 53.5 cm³/mol. The summed E-state index contributed by atoms with van der Waals surface area (Å²) in [6.45, 7) is 1.01. The van der Waals surface area contributed by atoms with Gasteiger partial charge in [-0.15, -0.1) is 0 Å². The van der Waals surface area contributed by atoms with Crippen molar-refractivity contribution in [1.82, 2.24) is 9.80 Å². The smallest absolute Gasteiger partial charge is 0.407 e. The summed E-state index contributed by atoms with van der Waals surface area (Å²) in [7, 11) is 1.79. The first-order chi connectivity index (χ1) is 7.09. The molecular formula is C10H16N2O3. The third-order valence-electron chi connectivity index (χ3n) is 3.26. The first-order valence-corrected chi connectivity index (χ1v) is 5.34. The Balaban J connectivity index is 1.89. The molecule has 1 saturated heterocycles. The second-order valence-corrected chi connectivity index (χ2v) is 4.39. The van der Waals surface area contributed by atoms with E-state index in [1.807, 2.05) is 0 Å². The number of carbonyl (C=O) groups is 2. The third-order valence-corrected chi connectivity index (χ3v) is 3.26. The van der Waals surface area contributed by atoms with E-state index in [0.29, 0.717) is 13.1 Å². The minimum Gasteiger partial charge on any atom is -0.465 e. The van der Waals surface area contributed by atoms with E-state index in [-0.39, 0.29) is 17.9 Å². The molecule has 0 bridgehead atoms. The van der Waals surface area contributed by atoms with Gasteiger partial charge in [0.15, 0.2) is 0 Å². The number of rotatable bonds is 2. The number of carbonyl (C=O) groups excluding carboxylic acids is 1. The molecule has 84 valence electrons. The summed E-state index contributed by atoms with van der Waals surface area (Å²) < 4.78 is 0. The quantitative estimate of drug-likeness (QED) is 0.729. The lowest BCUT2D eigenvalue weighted by Gasteiger charge is -2.24. The maximum atomic E-state index is 11.7. The summed E-state index contributed by atoms with van der Waals surface area (Å²) in [5, 5.41) is 8.80. The van der Waals surface area contributed by atoms with Crippen LogP contribution in [0, 0.1) is 5.92 Å². The summed E-state index contributed by atoms with van der Waals surface area (Å²) in [6.07, 6.45) is 1.88. The lowest BCUT2D eigenvalue weighted by Crippen LogP contribution is -2.40. The maximum Gasteiger partial charge on any atom is 0.407 e. The number of nitrogens with zero attached hydrogens (tertiary/aromatic N) is 2. The van der Waals surface area contributed by atoms with E-state index in [1.54, 1.807) is 11.9 Å². The van der Waals surface area contributed by atoms with Gasteiger partial charge in [0.05, 0.1) is 6.04 Å². The molecule has 0 aromatic rings. The van der Waals surface area contributed by atoms with Crippen molar-refractivity contribution in [1.29, 1.82) is 0 Å². The van der Waals surface area contributed by atoms with Crippen LogP contribution in [0.25, 0.3) is 0 Å². The zero-order valence-corrected chi connectivity index (χ0v) is 8.85. The van der Waals surface area contributed by atoms with Crippen molar-refractivity contribution in [2.24, 2.45) is 5.92 Å². The van der Waals surface area contributed by atoms with Crippen molar-refractivity contribution in [3.05, 3.63) is 0 Å². The van der Waals surface area contributed by atoms with Crippen LogP contribution in [-0.2, 0) is 4.79 Å². The van der Waals surface area contributed by atoms with Crippen LogP contribution in [0.15, 0.2) is 0 Å². The van der Waals surface area contributed by atoms with Crippen molar-refractivity contribution < 1.29 is 14.7 Å². The Morgan fingerprint density at radius 3 is 2.47 bits per heavy atom. The van der Waals surface area contributed by atoms with Gasteiger partial charge in [0.25, 0.3) is 0 Å². The predicted octanol–water partition coefficient (Wildman–Crippen LogP) is 0.607. The zero-order valence-electron chi connectivity index (χ0n) is 8.85. The Hall–Kier alpha value is -1.26. The highest BCUT2D eigenvalue weighted by Crippen LogP contribution is 2.32. The first-order valence-electron chi connectivity index (χ1n) is 5.34. The standard InChI is InChI=1S/C10H16N2O3/c1-11(9(13)7-2-3-7)8-4-5-12(6-8)10(14)15/h7-8H,2-6H2,1H3,(H,14,15)/t8-/m0/s1. The Bertz CT molecular complexity index is 288. The van der Waals surface area contributed by atoms with Gasteiger partial charge in [-0.1, -0.05) is 0 Å². The molecule has 1 aliphatic carbocycles. The van der Waals surface area contributed by atoms with Gasteiger partial charge in [-0.05, 0) is 19.3 Å². The Morgan fingerprint density at radius 2 is 2.00 bits per heavy atom. The highest BCUT2D eigenvalue weighted by molar-refractivity contribution is 5.81. The van der Waals surface area contributed by atoms with E-state index in [1.165, 1.54) is 4.90 Å². The molecular weight excluding hydrogens is 196 g/mol. The van der Waals surface area contributed by atoms with Crippen LogP contribution < -0.4 is 0 Å². The van der Waals surface area contributed by atoms with Gasteiger partial charge in [0.2, 0.25) is 5.91 Å². The lowest BCUT2D eigenvalue weighted by molar-refractivity contribution is -0.133. The van der Waals surface area contributed by atoms with Crippen LogP contribution in [0.2, 0.25) is 0 Å². The minimum absolute atomic E-state index is 0.0780. The zero-order chi connectivity index (χ0) is 11.0. The van der Waals surface area contributed by atoms with Crippen LogP contribution >= 0.6 is 0 Å². The van der Waals surface area contributed by atoms with E-state index >= 15 is 0 Å². The summed E-state index contributed by atoms with van der Waals surface area (Å²) in [6, 6.07) is 0.0780. The minimum atomic E-state index is -0.884. The maximum absolute atomic E-state index is 11.7. The second-order valence-electron chi connectivity index (χ2n) is 4.39. The van der Waals surface area contributed by atoms with Crippen molar-refractivity contribution in [3.63, 3.8) is 0 Å². The van der Waals surface area contributed by atoms with Gasteiger partial charge in [-0.3, -0.25) is 4.79 Å². The molecule has 0 unspecified atom stereocenters. The van der Waals surface area contributed by atoms with Crippen molar-refractivity contribution in [3.8, 4) is 0 Å². The average Bonchev–Trinajstić information content (AvgIpc) is 2.93. The molecule has 1 heterocycles. The van der Waals surface area contributed by atoms with Gasteiger partial charge in [-0.2, -0.15) is 0 Å². The van der Waals surface area contributed by atoms with Crippen LogP contribution in [-0.4, -0.2) is 53.1 Å². The Morgan fingerprint density at radius 1 is 1.33 bits per heavy atom. The monoisotopic (exact) mass is 212 g/mol. The van der Waals surface area contributed by atoms with E-state index in [4.69, 9.17) is 5.11 Å². The number of likely N-dealkylation sites (N-methyl/N-ethyl adjacent to an activating group) is 1. The van der Waals surface area contributed by atoms with Gasteiger partial charge in [0, 0.05) is 26.1 Å². The molecule has 2 aliphatic rings. The lowest BCUT2D eigenvalue weighted by atomic mass is 10.2. The molecule has 0 aromatic carbocycles. The molecule has 0 spiro atoms. The molecule has 5 heteroatoms. The number of hydrogen-bond acceptors (Lipinski definition) is 2. The van der Waals surface area contributed by atoms with E-state index in [0.717, 1.165) is 19.3 Å². The number of carboxylic acid groups (broad SMARTS) is 1. The third kappa shape index (κ3) is 2.06.